The third kappa shape index (κ3) is 3.82. The summed E-state index contributed by atoms with van der Waals surface area (Å²) in [4.78, 5) is 13.2. The van der Waals surface area contributed by atoms with Crippen LogP contribution in [-0.4, -0.2) is 36.6 Å². The average molecular weight is 459 g/mol. The second-order valence-corrected chi connectivity index (χ2v) is 10.8. The molecule has 0 atom stereocenters. The van der Waals surface area contributed by atoms with Crippen LogP contribution < -0.4 is 5.32 Å². The average Bonchev–Trinajstić information content (AvgIpc) is 3.42. The number of fused-ring (bicyclic) bond motifs is 2. The van der Waals surface area contributed by atoms with Crippen molar-refractivity contribution in [3.8, 4) is 11.3 Å². The van der Waals surface area contributed by atoms with E-state index in [1.165, 1.54) is 70.3 Å². The van der Waals surface area contributed by atoms with Crippen LogP contribution in [0.4, 0.5) is 0 Å². The first-order valence-corrected chi connectivity index (χ1v) is 12.8. The van der Waals surface area contributed by atoms with E-state index in [4.69, 9.17) is 4.98 Å². The molecule has 0 unspecified atom stereocenters. The number of rotatable bonds is 5. The third-order valence-corrected chi connectivity index (χ3v) is 7.82. The molecular weight excluding hydrogens is 420 g/mol. The van der Waals surface area contributed by atoms with E-state index in [1.807, 2.05) is 4.52 Å². The Balaban J connectivity index is 1.60. The Morgan fingerprint density at radius 1 is 0.971 bits per heavy atom. The highest BCUT2D eigenvalue weighted by atomic mass is 15.3. The molecule has 0 radical (unpaired) electrons. The van der Waals surface area contributed by atoms with Gasteiger partial charge in [0, 0.05) is 40.8 Å². The molecule has 0 spiro atoms. The SMILES string of the molecule is Cc1c(-c2[nH]c3cnc(C4CCC(NC(C)C)CC4)c(C)c3c2C(C)C)cn2ncnc2c1C. The number of aryl methyl sites for hydroxylation is 2. The minimum atomic E-state index is 0.384. The quantitative estimate of drug-likeness (QED) is 0.366. The van der Waals surface area contributed by atoms with Gasteiger partial charge in [-0.25, -0.2) is 9.50 Å². The van der Waals surface area contributed by atoms with Crippen molar-refractivity contribution in [3.63, 3.8) is 0 Å². The maximum Gasteiger partial charge on any atom is 0.158 e. The van der Waals surface area contributed by atoms with Gasteiger partial charge in [0.2, 0.25) is 0 Å². The molecule has 0 aromatic carbocycles. The van der Waals surface area contributed by atoms with E-state index in [0.717, 1.165) is 11.2 Å². The number of aromatic amines is 1. The van der Waals surface area contributed by atoms with Crippen LogP contribution in [0.25, 0.3) is 27.8 Å². The second kappa shape index (κ2) is 8.81. The Kier molecular flexibility index (Phi) is 5.96. The van der Waals surface area contributed by atoms with E-state index >= 15 is 0 Å². The molecule has 0 amide bonds. The number of H-pyrrole nitrogens is 1. The molecule has 6 nitrogen and oxygen atoms in total. The summed E-state index contributed by atoms with van der Waals surface area (Å²) >= 11 is 0. The number of hydrogen-bond acceptors (Lipinski definition) is 4. The van der Waals surface area contributed by atoms with Gasteiger partial charge in [-0.3, -0.25) is 4.98 Å². The summed E-state index contributed by atoms with van der Waals surface area (Å²) in [6.07, 6.45) is 10.7. The van der Waals surface area contributed by atoms with E-state index in [2.05, 4.69) is 81.2 Å². The van der Waals surface area contributed by atoms with Crippen LogP contribution in [-0.2, 0) is 0 Å². The fourth-order valence-electron chi connectivity index (χ4n) is 6.05. The number of nitrogens with one attached hydrogen (secondary N) is 2. The summed E-state index contributed by atoms with van der Waals surface area (Å²) < 4.78 is 1.90. The fraction of sp³-hybridized carbons (Fsp3) is 0.536. The van der Waals surface area contributed by atoms with Gasteiger partial charge < -0.3 is 10.3 Å². The van der Waals surface area contributed by atoms with Gasteiger partial charge >= 0.3 is 0 Å². The molecule has 4 aromatic rings. The van der Waals surface area contributed by atoms with Crippen molar-refractivity contribution in [1.82, 2.24) is 29.9 Å². The van der Waals surface area contributed by atoms with Crippen molar-refractivity contribution in [2.24, 2.45) is 0 Å². The van der Waals surface area contributed by atoms with Gasteiger partial charge in [0.1, 0.15) is 6.33 Å². The first kappa shape index (κ1) is 23.0. The van der Waals surface area contributed by atoms with Gasteiger partial charge in [-0.05, 0) is 74.6 Å². The van der Waals surface area contributed by atoms with Crippen molar-refractivity contribution in [2.45, 2.75) is 98.1 Å². The standard InChI is InChI=1S/C28H38N6/c1-15(2)24-25-19(7)26(20-8-10-21(11-9-20)32-16(3)4)29-12-23(25)33-27(24)22-13-34-28(30-14-31-34)18(6)17(22)5/h12-16,20-21,32-33H,8-11H2,1-7H3. The summed E-state index contributed by atoms with van der Waals surface area (Å²) in [7, 11) is 0. The lowest BCUT2D eigenvalue weighted by molar-refractivity contribution is 0.323. The van der Waals surface area contributed by atoms with Gasteiger partial charge in [0.05, 0.1) is 17.4 Å². The van der Waals surface area contributed by atoms with Gasteiger partial charge in [0.15, 0.2) is 5.65 Å². The van der Waals surface area contributed by atoms with Gasteiger partial charge in [-0.15, -0.1) is 0 Å². The third-order valence-electron chi connectivity index (χ3n) is 7.82. The molecular formula is C28H38N6. The van der Waals surface area contributed by atoms with Crippen LogP contribution >= 0.6 is 0 Å². The lowest BCUT2D eigenvalue weighted by Crippen LogP contribution is -2.37. The lowest BCUT2D eigenvalue weighted by Gasteiger charge is -2.31. The summed E-state index contributed by atoms with van der Waals surface area (Å²) in [5, 5.41) is 9.51. The molecule has 34 heavy (non-hydrogen) atoms. The monoisotopic (exact) mass is 458 g/mol. The molecule has 4 aromatic heterocycles. The highest BCUT2D eigenvalue weighted by molar-refractivity contribution is 5.94. The van der Waals surface area contributed by atoms with Crippen LogP contribution in [0.15, 0.2) is 18.7 Å². The summed E-state index contributed by atoms with van der Waals surface area (Å²) in [6, 6.07) is 1.19. The zero-order chi connectivity index (χ0) is 24.1. The van der Waals surface area contributed by atoms with E-state index in [1.54, 1.807) is 6.33 Å². The van der Waals surface area contributed by atoms with Gasteiger partial charge in [0.25, 0.3) is 0 Å². The Morgan fingerprint density at radius 3 is 2.38 bits per heavy atom. The smallest absolute Gasteiger partial charge is 0.158 e. The van der Waals surface area contributed by atoms with Crippen molar-refractivity contribution >= 4 is 16.6 Å². The zero-order valence-electron chi connectivity index (χ0n) is 21.7. The van der Waals surface area contributed by atoms with E-state index in [9.17, 15) is 0 Å². The molecule has 2 N–H and O–H groups in total. The fourth-order valence-corrected chi connectivity index (χ4v) is 6.05. The van der Waals surface area contributed by atoms with Crippen LogP contribution in [0.3, 0.4) is 0 Å². The Hall–Kier alpha value is -2.73. The highest BCUT2D eigenvalue weighted by Crippen LogP contribution is 2.42. The van der Waals surface area contributed by atoms with Crippen molar-refractivity contribution in [3.05, 3.63) is 46.7 Å². The molecule has 1 aliphatic carbocycles. The molecule has 4 heterocycles. The molecule has 0 aliphatic heterocycles. The minimum absolute atomic E-state index is 0.384. The molecule has 5 rings (SSSR count). The Morgan fingerprint density at radius 2 is 1.71 bits per heavy atom. The predicted octanol–water partition coefficient (Wildman–Crippen LogP) is 6.35. The van der Waals surface area contributed by atoms with Crippen LogP contribution in [0.2, 0.25) is 0 Å². The maximum absolute atomic E-state index is 5.03. The van der Waals surface area contributed by atoms with Gasteiger partial charge in [-0.1, -0.05) is 27.7 Å². The topological polar surface area (TPSA) is 70.9 Å². The van der Waals surface area contributed by atoms with Crippen LogP contribution in [0, 0.1) is 20.8 Å². The molecule has 1 aliphatic rings. The molecule has 180 valence electrons. The van der Waals surface area contributed by atoms with Gasteiger partial charge in [-0.2, -0.15) is 5.10 Å². The van der Waals surface area contributed by atoms with Crippen molar-refractivity contribution in [1.29, 1.82) is 0 Å². The molecule has 6 heteroatoms. The number of aromatic nitrogens is 5. The number of pyridine rings is 2. The van der Waals surface area contributed by atoms with Crippen LogP contribution in [0.1, 0.15) is 93.2 Å². The largest absolute Gasteiger partial charge is 0.353 e. The predicted molar refractivity (Wildman–Crippen MR) is 140 cm³/mol. The summed E-state index contributed by atoms with van der Waals surface area (Å²) in [5.41, 5.74) is 10.9. The molecule has 1 saturated carbocycles. The second-order valence-electron chi connectivity index (χ2n) is 10.8. The first-order valence-electron chi connectivity index (χ1n) is 12.8. The zero-order valence-corrected chi connectivity index (χ0v) is 21.7. The number of hydrogen-bond donors (Lipinski definition) is 2. The molecule has 0 bridgehead atoms. The van der Waals surface area contributed by atoms with Crippen molar-refractivity contribution < 1.29 is 0 Å². The number of nitrogens with zero attached hydrogens (tertiary/aromatic N) is 4. The minimum Gasteiger partial charge on any atom is -0.353 e. The molecule has 1 fully saturated rings. The summed E-state index contributed by atoms with van der Waals surface area (Å²) in [5.74, 6) is 0.929. The Labute approximate surface area is 202 Å². The van der Waals surface area contributed by atoms with E-state index in [-0.39, 0.29) is 0 Å². The normalized spacial score (nSPS) is 19.2. The molecule has 0 saturated heterocycles. The van der Waals surface area contributed by atoms with Crippen LogP contribution in [0.5, 0.6) is 0 Å². The van der Waals surface area contributed by atoms with E-state index < -0.39 is 0 Å². The maximum atomic E-state index is 5.03. The lowest BCUT2D eigenvalue weighted by atomic mass is 9.81. The summed E-state index contributed by atoms with van der Waals surface area (Å²) in [6.45, 7) is 15.7. The van der Waals surface area contributed by atoms with E-state index in [0.29, 0.717) is 23.9 Å². The Bertz CT molecular complexity index is 1330. The first-order chi connectivity index (χ1) is 16.3. The highest BCUT2D eigenvalue weighted by Gasteiger charge is 2.27. The van der Waals surface area contributed by atoms with Crippen molar-refractivity contribution in [2.75, 3.05) is 0 Å².